The van der Waals surface area contributed by atoms with Crippen molar-refractivity contribution in [1.82, 2.24) is 0 Å². The Hall–Kier alpha value is -1.51. The molecule has 3 heteroatoms. The Morgan fingerprint density at radius 3 is 2.38 bits per heavy atom. The molecule has 0 aromatic heterocycles. The van der Waals surface area contributed by atoms with Gasteiger partial charge < -0.3 is 4.74 Å². The molecule has 1 amide bonds. The quantitative estimate of drug-likeness (QED) is 0.852. The number of carbonyl (C=O) groups is 1. The lowest BCUT2D eigenvalue weighted by atomic mass is 9.88. The molecular weight excluding hydrogens is 262 g/mol. The minimum atomic E-state index is -0.302. The highest BCUT2D eigenvalue weighted by molar-refractivity contribution is 5.87. The van der Waals surface area contributed by atoms with E-state index in [0.29, 0.717) is 5.92 Å². The van der Waals surface area contributed by atoms with Crippen molar-refractivity contribution in [3.8, 4) is 0 Å². The number of hydrogen-bond donors (Lipinski definition) is 1. The smallest absolute Gasteiger partial charge is 0.411 e. The van der Waals surface area contributed by atoms with Crippen LogP contribution in [0.2, 0.25) is 0 Å². The summed E-state index contributed by atoms with van der Waals surface area (Å²) in [6, 6.07) is 6.19. The summed E-state index contributed by atoms with van der Waals surface area (Å²) in [7, 11) is 0. The van der Waals surface area contributed by atoms with Crippen LogP contribution in [0.1, 0.15) is 57.6 Å². The van der Waals surface area contributed by atoms with E-state index in [-0.39, 0.29) is 12.2 Å². The second-order valence-electron chi connectivity index (χ2n) is 5.99. The number of amides is 1. The van der Waals surface area contributed by atoms with E-state index < -0.39 is 0 Å². The average Bonchev–Trinajstić information content (AvgIpc) is 2.49. The van der Waals surface area contributed by atoms with Crippen molar-refractivity contribution in [2.75, 3.05) is 5.32 Å². The minimum Gasteiger partial charge on any atom is -0.446 e. The molecular formula is C18H27NO2. The number of aryl methyl sites for hydroxylation is 2. The maximum atomic E-state index is 12.2. The van der Waals surface area contributed by atoms with Crippen molar-refractivity contribution < 1.29 is 9.53 Å². The van der Waals surface area contributed by atoms with E-state index in [1.165, 1.54) is 17.5 Å². The van der Waals surface area contributed by atoms with Crippen LogP contribution in [0, 0.1) is 5.92 Å². The van der Waals surface area contributed by atoms with E-state index in [1.807, 2.05) is 0 Å². The third kappa shape index (κ3) is 3.99. The first-order valence-corrected chi connectivity index (χ1v) is 8.24. The van der Waals surface area contributed by atoms with E-state index in [4.69, 9.17) is 4.74 Å². The fraction of sp³-hybridized carbons (Fsp3) is 0.611. The van der Waals surface area contributed by atoms with E-state index in [1.54, 1.807) is 0 Å². The molecule has 2 unspecified atom stereocenters. The molecule has 1 N–H and O–H groups in total. The number of anilines is 1. The third-order valence-corrected chi connectivity index (χ3v) is 4.52. The molecule has 0 bridgehead atoms. The van der Waals surface area contributed by atoms with Crippen LogP contribution in [0.4, 0.5) is 10.5 Å². The molecule has 1 fully saturated rings. The summed E-state index contributed by atoms with van der Waals surface area (Å²) in [4.78, 5) is 12.2. The first-order chi connectivity index (χ1) is 10.2. The molecule has 1 aliphatic carbocycles. The van der Waals surface area contributed by atoms with Gasteiger partial charge in [0.25, 0.3) is 0 Å². The monoisotopic (exact) mass is 289 g/mol. The maximum Gasteiger partial charge on any atom is 0.411 e. The summed E-state index contributed by atoms with van der Waals surface area (Å²) in [5, 5.41) is 2.99. The number of rotatable bonds is 4. The van der Waals surface area contributed by atoms with E-state index >= 15 is 0 Å². The van der Waals surface area contributed by atoms with Crippen LogP contribution < -0.4 is 5.32 Å². The Morgan fingerprint density at radius 1 is 1.19 bits per heavy atom. The van der Waals surface area contributed by atoms with Gasteiger partial charge in [-0.3, -0.25) is 5.32 Å². The van der Waals surface area contributed by atoms with Crippen LogP contribution >= 0.6 is 0 Å². The zero-order valence-corrected chi connectivity index (χ0v) is 13.4. The topological polar surface area (TPSA) is 38.3 Å². The highest BCUT2D eigenvalue weighted by Gasteiger charge is 2.25. The molecule has 0 spiro atoms. The van der Waals surface area contributed by atoms with Crippen molar-refractivity contribution in [3.63, 3.8) is 0 Å². The van der Waals surface area contributed by atoms with Crippen LogP contribution in [0.5, 0.6) is 0 Å². The molecule has 116 valence electrons. The van der Waals surface area contributed by atoms with Crippen molar-refractivity contribution in [1.29, 1.82) is 0 Å². The molecule has 0 aliphatic heterocycles. The normalized spacial score (nSPS) is 21.9. The van der Waals surface area contributed by atoms with Gasteiger partial charge in [0.15, 0.2) is 0 Å². The van der Waals surface area contributed by atoms with Gasteiger partial charge >= 0.3 is 6.09 Å². The SMILES string of the molecule is CCc1cccc(CC)c1NC(=O)OC1CCCCC1C. The van der Waals surface area contributed by atoms with Crippen LogP contribution in [0.25, 0.3) is 0 Å². The van der Waals surface area contributed by atoms with Gasteiger partial charge in [0, 0.05) is 0 Å². The van der Waals surface area contributed by atoms with Gasteiger partial charge in [-0.1, -0.05) is 45.4 Å². The molecule has 3 nitrogen and oxygen atoms in total. The lowest BCUT2D eigenvalue weighted by Gasteiger charge is -2.28. The van der Waals surface area contributed by atoms with Gasteiger partial charge in [-0.2, -0.15) is 0 Å². The van der Waals surface area contributed by atoms with Gasteiger partial charge in [-0.15, -0.1) is 0 Å². The fourth-order valence-corrected chi connectivity index (χ4v) is 3.13. The molecule has 2 atom stereocenters. The zero-order chi connectivity index (χ0) is 15.2. The second-order valence-corrected chi connectivity index (χ2v) is 5.99. The van der Waals surface area contributed by atoms with Gasteiger partial charge in [-0.25, -0.2) is 4.79 Å². The summed E-state index contributed by atoms with van der Waals surface area (Å²) < 4.78 is 5.66. The number of benzene rings is 1. The number of ether oxygens (including phenoxy) is 1. The van der Waals surface area contributed by atoms with Gasteiger partial charge in [0.2, 0.25) is 0 Å². The summed E-state index contributed by atoms with van der Waals surface area (Å²) in [6.07, 6.45) is 6.14. The van der Waals surface area contributed by atoms with Crippen molar-refractivity contribution >= 4 is 11.8 Å². The highest BCUT2D eigenvalue weighted by atomic mass is 16.6. The Kier molecular flexibility index (Phi) is 5.66. The Bertz CT molecular complexity index is 462. The van der Waals surface area contributed by atoms with Crippen LogP contribution in [0.3, 0.4) is 0 Å². The number of hydrogen-bond acceptors (Lipinski definition) is 2. The average molecular weight is 289 g/mol. The lowest BCUT2D eigenvalue weighted by molar-refractivity contribution is 0.0524. The van der Waals surface area contributed by atoms with Gasteiger partial charge in [0.05, 0.1) is 5.69 Å². The van der Waals surface area contributed by atoms with Crippen LogP contribution in [-0.2, 0) is 17.6 Å². The third-order valence-electron chi connectivity index (χ3n) is 4.52. The summed E-state index contributed by atoms with van der Waals surface area (Å²) >= 11 is 0. The Balaban J connectivity index is 2.05. The highest BCUT2D eigenvalue weighted by Crippen LogP contribution is 2.27. The largest absolute Gasteiger partial charge is 0.446 e. The van der Waals surface area contributed by atoms with Crippen molar-refractivity contribution in [3.05, 3.63) is 29.3 Å². The molecule has 1 aliphatic rings. The molecule has 1 aromatic carbocycles. The standard InChI is InChI=1S/C18H27NO2/c1-4-14-10-8-11-15(5-2)17(14)19-18(20)21-16-12-7-6-9-13(16)3/h8,10-11,13,16H,4-7,9,12H2,1-3H3,(H,19,20). The summed E-state index contributed by atoms with van der Waals surface area (Å²) in [5.41, 5.74) is 3.28. The number of para-hydroxylation sites is 1. The summed E-state index contributed by atoms with van der Waals surface area (Å²) in [6.45, 7) is 6.39. The molecule has 21 heavy (non-hydrogen) atoms. The molecule has 2 rings (SSSR count). The van der Waals surface area contributed by atoms with Crippen LogP contribution in [0.15, 0.2) is 18.2 Å². The van der Waals surface area contributed by atoms with Gasteiger partial charge in [-0.05, 0) is 49.1 Å². The Labute approximate surface area is 128 Å². The molecule has 0 heterocycles. The summed E-state index contributed by atoms with van der Waals surface area (Å²) in [5.74, 6) is 0.469. The van der Waals surface area contributed by atoms with Crippen LogP contribution in [-0.4, -0.2) is 12.2 Å². The van der Waals surface area contributed by atoms with E-state index in [0.717, 1.165) is 37.8 Å². The zero-order valence-electron chi connectivity index (χ0n) is 13.4. The second kappa shape index (κ2) is 7.48. The first-order valence-electron chi connectivity index (χ1n) is 8.24. The predicted molar refractivity (Wildman–Crippen MR) is 86.7 cm³/mol. The fourth-order valence-electron chi connectivity index (χ4n) is 3.13. The molecule has 0 saturated heterocycles. The minimum absolute atomic E-state index is 0.0672. The number of nitrogens with one attached hydrogen (secondary N) is 1. The molecule has 1 saturated carbocycles. The van der Waals surface area contributed by atoms with E-state index in [9.17, 15) is 4.79 Å². The van der Waals surface area contributed by atoms with E-state index in [2.05, 4.69) is 44.3 Å². The molecule has 0 radical (unpaired) electrons. The first kappa shape index (κ1) is 15.9. The van der Waals surface area contributed by atoms with Crippen molar-refractivity contribution in [2.24, 2.45) is 5.92 Å². The van der Waals surface area contributed by atoms with Crippen molar-refractivity contribution in [2.45, 2.75) is 65.4 Å². The molecule has 1 aromatic rings. The Morgan fingerprint density at radius 2 is 1.81 bits per heavy atom. The van der Waals surface area contributed by atoms with Gasteiger partial charge in [0.1, 0.15) is 6.10 Å². The predicted octanol–water partition coefficient (Wildman–Crippen LogP) is 4.94. The lowest BCUT2D eigenvalue weighted by Crippen LogP contribution is -2.30. The number of carbonyl (C=O) groups excluding carboxylic acids is 1. The maximum absolute atomic E-state index is 12.2.